The summed E-state index contributed by atoms with van der Waals surface area (Å²) in [5.41, 5.74) is 2.36. The third-order valence-electron chi connectivity index (χ3n) is 4.57. The number of aryl methyl sites for hydroxylation is 1. The Balaban J connectivity index is 1.62. The van der Waals surface area contributed by atoms with E-state index in [1.807, 2.05) is 24.3 Å². The molecular weight excluding hydrogens is 324 g/mol. The second-order valence-corrected chi connectivity index (χ2v) is 6.49. The Morgan fingerprint density at radius 1 is 0.808 bits per heavy atom. The summed E-state index contributed by atoms with van der Waals surface area (Å²) in [6, 6.07) is 22.8. The number of hydrogen-bond acceptors (Lipinski definition) is 2. The van der Waals surface area contributed by atoms with Crippen molar-refractivity contribution in [2.45, 2.75) is 38.7 Å². The molecule has 0 aliphatic heterocycles. The van der Waals surface area contributed by atoms with Crippen LogP contribution in [0.5, 0.6) is 5.75 Å². The van der Waals surface area contributed by atoms with E-state index < -0.39 is 5.97 Å². The van der Waals surface area contributed by atoms with Crippen molar-refractivity contribution in [2.75, 3.05) is 0 Å². The molecule has 3 aromatic carbocycles. The highest BCUT2D eigenvalue weighted by atomic mass is 16.5. The van der Waals surface area contributed by atoms with Crippen molar-refractivity contribution in [3.63, 3.8) is 0 Å². The van der Waals surface area contributed by atoms with Gasteiger partial charge in [-0.25, -0.2) is 0 Å². The minimum Gasteiger partial charge on any atom is -0.489 e. The molecule has 3 rings (SSSR count). The molecule has 0 unspecified atom stereocenters. The number of rotatable bonds is 9. The van der Waals surface area contributed by atoms with Crippen molar-refractivity contribution in [1.29, 1.82) is 0 Å². The monoisotopic (exact) mass is 348 g/mol. The fourth-order valence-corrected chi connectivity index (χ4v) is 3.19. The smallest absolute Gasteiger partial charge is 0.303 e. The topological polar surface area (TPSA) is 46.5 Å². The molecule has 0 fully saturated rings. The van der Waals surface area contributed by atoms with Crippen LogP contribution in [-0.2, 0) is 17.8 Å². The molecular formula is C23H24O3. The summed E-state index contributed by atoms with van der Waals surface area (Å²) in [4.78, 5) is 10.6. The maximum absolute atomic E-state index is 10.6. The van der Waals surface area contributed by atoms with E-state index in [2.05, 4.69) is 42.5 Å². The Labute approximate surface area is 154 Å². The quantitative estimate of drug-likeness (QED) is 0.512. The van der Waals surface area contributed by atoms with Gasteiger partial charge < -0.3 is 9.84 Å². The molecule has 3 heteroatoms. The van der Waals surface area contributed by atoms with Crippen molar-refractivity contribution < 1.29 is 14.6 Å². The van der Waals surface area contributed by atoms with Gasteiger partial charge in [0, 0.05) is 6.42 Å². The van der Waals surface area contributed by atoms with Crippen LogP contribution in [0.2, 0.25) is 0 Å². The van der Waals surface area contributed by atoms with Gasteiger partial charge in [-0.2, -0.15) is 0 Å². The van der Waals surface area contributed by atoms with Gasteiger partial charge >= 0.3 is 5.97 Å². The normalized spacial score (nSPS) is 10.8. The van der Waals surface area contributed by atoms with Gasteiger partial charge in [-0.3, -0.25) is 4.79 Å². The zero-order valence-corrected chi connectivity index (χ0v) is 14.9. The van der Waals surface area contributed by atoms with E-state index in [-0.39, 0.29) is 6.42 Å². The highest BCUT2D eigenvalue weighted by molar-refractivity contribution is 5.85. The summed E-state index contributed by atoms with van der Waals surface area (Å²) in [6.45, 7) is 0.539. The predicted molar refractivity (Wildman–Crippen MR) is 105 cm³/mol. The van der Waals surface area contributed by atoms with Crippen molar-refractivity contribution in [1.82, 2.24) is 0 Å². The Morgan fingerprint density at radius 3 is 2.42 bits per heavy atom. The first kappa shape index (κ1) is 18.0. The molecule has 0 atom stereocenters. The Kier molecular flexibility index (Phi) is 6.26. The zero-order chi connectivity index (χ0) is 18.2. The highest BCUT2D eigenvalue weighted by Gasteiger charge is 2.06. The second kappa shape index (κ2) is 9.04. The molecule has 0 heterocycles. The molecule has 134 valence electrons. The molecule has 1 N–H and O–H groups in total. The van der Waals surface area contributed by atoms with Gasteiger partial charge in [0.2, 0.25) is 0 Å². The van der Waals surface area contributed by atoms with Crippen LogP contribution < -0.4 is 4.74 Å². The van der Waals surface area contributed by atoms with Crippen LogP contribution in [0.1, 0.15) is 36.8 Å². The first-order chi connectivity index (χ1) is 12.7. The number of unbranched alkanes of at least 4 members (excludes halogenated alkanes) is 2. The van der Waals surface area contributed by atoms with Crippen LogP contribution in [0.25, 0.3) is 10.8 Å². The molecule has 0 aromatic heterocycles. The number of fused-ring (bicyclic) bond motifs is 1. The molecule has 0 amide bonds. The van der Waals surface area contributed by atoms with E-state index in [0.29, 0.717) is 6.61 Å². The summed E-state index contributed by atoms with van der Waals surface area (Å²) in [7, 11) is 0. The average Bonchev–Trinajstić information content (AvgIpc) is 2.66. The summed E-state index contributed by atoms with van der Waals surface area (Å²) >= 11 is 0. The Bertz CT molecular complexity index is 865. The van der Waals surface area contributed by atoms with Gasteiger partial charge in [0.25, 0.3) is 0 Å². The fraction of sp³-hybridized carbons (Fsp3) is 0.261. The first-order valence-corrected chi connectivity index (χ1v) is 9.13. The van der Waals surface area contributed by atoms with Gasteiger partial charge in [0.05, 0.1) is 0 Å². The number of hydrogen-bond donors (Lipinski definition) is 1. The molecule has 0 saturated carbocycles. The van der Waals surface area contributed by atoms with Crippen LogP contribution in [0.3, 0.4) is 0 Å². The largest absolute Gasteiger partial charge is 0.489 e. The predicted octanol–water partition coefficient (Wildman–Crippen LogP) is 5.61. The van der Waals surface area contributed by atoms with Gasteiger partial charge in [-0.15, -0.1) is 0 Å². The second-order valence-electron chi connectivity index (χ2n) is 6.49. The Morgan fingerprint density at radius 2 is 1.54 bits per heavy atom. The van der Waals surface area contributed by atoms with E-state index in [1.165, 1.54) is 21.9 Å². The van der Waals surface area contributed by atoms with E-state index in [9.17, 15) is 4.79 Å². The van der Waals surface area contributed by atoms with E-state index in [1.54, 1.807) is 0 Å². The number of aliphatic carboxylic acids is 1. The standard InChI is InChI=1S/C23H24O3/c24-23(25)16-3-1-2-10-19-11-5-7-15-22(19)26-17-20-13-8-12-18-9-4-6-14-21(18)20/h4-9,11-15H,1-3,10,16-17H2,(H,24,25). The molecule has 26 heavy (non-hydrogen) atoms. The zero-order valence-electron chi connectivity index (χ0n) is 14.9. The summed E-state index contributed by atoms with van der Waals surface area (Å²) in [5, 5.41) is 11.2. The molecule has 0 saturated heterocycles. The van der Waals surface area contributed by atoms with Crippen LogP contribution in [0.4, 0.5) is 0 Å². The number of carboxylic acid groups (broad SMARTS) is 1. The maximum Gasteiger partial charge on any atom is 0.303 e. The van der Waals surface area contributed by atoms with Crippen LogP contribution in [0, 0.1) is 0 Å². The van der Waals surface area contributed by atoms with Crippen LogP contribution in [0.15, 0.2) is 66.7 Å². The summed E-state index contributed by atoms with van der Waals surface area (Å²) < 4.78 is 6.13. The van der Waals surface area contributed by atoms with Crippen molar-refractivity contribution in [3.8, 4) is 5.75 Å². The fourth-order valence-electron chi connectivity index (χ4n) is 3.19. The third kappa shape index (κ3) is 4.85. The lowest BCUT2D eigenvalue weighted by atomic mass is 10.0. The molecule has 0 bridgehead atoms. The number of para-hydroxylation sites is 1. The van der Waals surface area contributed by atoms with Gasteiger partial charge in [-0.1, -0.05) is 67.1 Å². The average molecular weight is 348 g/mol. The lowest BCUT2D eigenvalue weighted by Gasteiger charge is -2.13. The van der Waals surface area contributed by atoms with E-state index >= 15 is 0 Å². The van der Waals surface area contributed by atoms with Crippen molar-refractivity contribution in [3.05, 3.63) is 77.9 Å². The molecule has 0 spiro atoms. The minimum atomic E-state index is -0.719. The molecule has 0 aliphatic carbocycles. The van der Waals surface area contributed by atoms with Crippen molar-refractivity contribution in [2.24, 2.45) is 0 Å². The van der Waals surface area contributed by atoms with Crippen LogP contribution in [-0.4, -0.2) is 11.1 Å². The number of benzene rings is 3. The maximum atomic E-state index is 10.6. The molecule has 0 aliphatic rings. The SMILES string of the molecule is O=C(O)CCCCCc1ccccc1OCc1cccc2ccccc12. The van der Waals surface area contributed by atoms with Crippen molar-refractivity contribution >= 4 is 16.7 Å². The third-order valence-corrected chi connectivity index (χ3v) is 4.57. The summed E-state index contributed by atoms with van der Waals surface area (Å²) in [5.74, 6) is 0.197. The number of carbonyl (C=O) groups is 1. The Hall–Kier alpha value is -2.81. The molecule has 3 aromatic rings. The van der Waals surface area contributed by atoms with E-state index in [0.717, 1.165) is 31.4 Å². The van der Waals surface area contributed by atoms with E-state index in [4.69, 9.17) is 9.84 Å². The number of ether oxygens (including phenoxy) is 1. The minimum absolute atomic E-state index is 0.249. The highest BCUT2D eigenvalue weighted by Crippen LogP contribution is 2.24. The molecule has 0 radical (unpaired) electrons. The molecule has 3 nitrogen and oxygen atoms in total. The van der Waals surface area contributed by atoms with Gasteiger partial charge in [0.1, 0.15) is 12.4 Å². The summed E-state index contributed by atoms with van der Waals surface area (Å²) in [6.07, 6.45) is 3.78. The number of carboxylic acids is 1. The van der Waals surface area contributed by atoms with Crippen LogP contribution >= 0.6 is 0 Å². The lowest BCUT2D eigenvalue weighted by Crippen LogP contribution is -2.00. The lowest BCUT2D eigenvalue weighted by molar-refractivity contribution is -0.137. The first-order valence-electron chi connectivity index (χ1n) is 9.13. The van der Waals surface area contributed by atoms with Gasteiger partial charge in [-0.05, 0) is 47.2 Å². The van der Waals surface area contributed by atoms with Gasteiger partial charge in [0.15, 0.2) is 0 Å².